The Balaban J connectivity index is 1.74. The molecule has 0 fully saturated rings. The van der Waals surface area contributed by atoms with Gasteiger partial charge in [0.15, 0.2) is 5.82 Å². The lowest BCUT2D eigenvalue weighted by atomic mass is 10.2. The van der Waals surface area contributed by atoms with Gasteiger partial charge in [0.25, 0.3) is 5.56 Å². The van der Waals surface area contributed by atoms with Crippen molar-refractivity contribution < 1.29 is 14.6 Å². The van der Waals surface area contributed by atoms with Gasteiger partial charge in [-0.1, -0.05) is 36.4 Å². The number of carboxylic acid groups (broad SMARTS) is 1. The zero-order valence-corrected chi connectivity index (χ0v) is 16.0. The lowest BCUT2D eigenvalue weighted by Crippen LogP contribution is -2.35. The Morgan fingerprint density at radius 2 is 1.73 bits per heavy atom. The van der Waals surface area contributed by atoms with Gasteiger partial charge in [0.1, 0.15) is 11.3 Å². The highest BCUT2D eigenvalue weighted by Crippen LogP contribution is 2.19. The van der Waals surface area contributed by atoms with Crippen LogP contribution in [0.3, 0.4) is 0 Å². The van der Waals surface area contributed by atoms with Crippen LogP contribution in [0.1, 0.15) is 18.3 Å². The number of carbonyl (C=O) groups is 1. The van der Waals surface area contributed by atoms with Crippen LogP contribution < -0.4 is 15.6 Å². The van der Waals surface area contributed by atoms with Crippen LogP contribution in [0, 0.1) is 0 Å². The van der Waals surface area contributed by atoms with Gasteiger partial charge in [-0.05, 0) is 36.4 Å². The van der Waals surface area contributed by atoms with E-state index < -0.39 is 12.1 Å². The van der Waals surface area contributed by atoms with E-state index in [1.165, 1.54) is 9.08 Å². The molecule has 0 saturated heterocycles. The predicted molar refractivity (Wildman–Crippen MR) is 111 cm³/mol. The summed E-state index contributed by atoms with van der Waals surface area (Å²) in [6, 6.07) is 20.9. The Kier molecular flexibility index (Phi) is 5.47. The Hall–Kier alpha value is -4.07. The second kappa shape index (κ2) is 8.52. The Bertz CT molecular complexity index is 1200. The number of ether oxygens (including phenoxy) is 1. The fourth-order valence-electron chi connectivity index (χ4n) is 3.28. The normalized spacial score (nSPS) is 11.9. The number of nitrogens with zero attached hydrogens (tertiary/aromatic N) is 3. The summed E-state index contributed by atoms with van der Waals surface area (Å²) in [7, 11) is 0. The molecule has 0 aliphatic heterocycles. The smallest absolute Gasteiger partial charge is 0.405 e. The molecule has 1 atom stereocenters. The monoisotopic (exact) mass is 404 g/mol. The summed E-state index contributed by atoms with van der Waals surface area (Å²) in [5, 5.41) is 16.4. The van der Waals surface area contributed by atoms with E-state index >= 15 is 0 Å². The molecule has 0 aliphatic carbocycles. The van der Waals surface area contributed by atoms with E-state index in [9.17, 15) is 14.7 Å². The molecular formula is C22H20N4O4. The molecule has 2 N–H and O–H groups in total. The van der Waals surface area contributed by atoms with E-state index in [1.807, 2.05) is 48.5 Å². The van der Waals surface area contributed by atoms with E-state index in [0.29, 0.717) is 17.0 Å². The van der Waals surface area contributed by atoms with Crippen LogP contribution in [0.15, 0.2) is 83.8 Å². The highest BCUT2D eigenvalue weighted by molar-refractivity contribution is 5.65. The third-order valence-electron chi connectivity index (χ3n) is 4.63. The second-order valence-electron chi connectivity index (χ2n) is 6.62. The summed E-state index contributed by atoms with van der Waals surface area (Å²) in [6.45, 7) is 0.239. The van der Waals surface area contributed by atoms with Gasteiger partial charge in [-0.3, -0.25) is 9.36 Å². The molecule has 8 heteroatoms. The van der Waals surface area contributed by atoms with E-state index in [2.05, 4.69) is 10.4 Å². The van der Waals surface area contributed by atoms with Crippen molar-refractivity contribution in [3.05, 3.63) is 95.2 Å². The maximum Gasteiger partial charge on any atom is 0.405 e. The molecule has 1 amide bonds. The van der Waals surface area contributed by atoms with Crippen molar-refractivity contribution in [3.63, 3.8) is 0 Å². The zero-order valence-electron chi connectivity index (χ0n) is 16.0. The molecule has 8 nitrogen and oxygen atoms in total. The molecule has 0 saturated carbocycles. The molecule has 2 aromatic carbocycles. The summed E-state index contributed by atoms with van der Waals surface area (Å²) < 4.78 is 8.64. The van der Waals surface area contributed by atoms with Crippen LogP contribution in [0.25, 0.3) is 11.2 Å². The minimum absolute atomic E-state index is 0.239. The molecule has 30 heavy (non-hydrogen) atoms. The van der Waals surface area contributed by atoms with Gasteiger partial charge < -0.3 is 15.2 Å². The maximum atomic E-state index is 13.2. The van der Waals surface area contributed by atoms with E-state index in [0.717, 1.165) is 0 Å². The number of hydrogen-bond donors (Lipinski definition) is 2. The molecule has 2 heterocycles. The molecule has 4 rings (SSSR count). The van der Waals surface area contributed by atoms with Crippen molar-refractivity contribution in [1.29, 1.82) is 0 Å². The third kappa shape index (κ3) is 4.02. The minimum Gasteiger partial charge on any atom is -0.494 e. The number of aromatic nitrogens is 3. The van der Waals surface area contributed by atoms with Crippen LogP contribution in [-0.4, -0.2) is 32.0 Å². The first-order chi connectivity index (χ1) is 14.6. The van der Waals surface area contributed by atoms with E-state index in [-0.39, 0.29) is 24.4 Å². The Morgan fingerprint density at radius 3 is 2.43 bits per heavy atom. The molecule has 0 bridgehead atoms. The largest absolute Gasteiger partial charge is 0.494 e. The van der Waals surface area contributed by atoms with E-state index in [1.54, 1.807) is 30.5 Å². The van der Waals surface area contributed by atoms with Crippen LogP contribution in [0.4, 0.5) is 4.79 Å². The number of para-hydroxylation sites is 2. The van der Waals surface area contributed by atoms with Crippen molar-refractivity contribution in [2.24, 2.45) is 0 Å². The van der Waals surface area contributed by atoms with Gasteiger partial charge in [0, 0.05) is 12.6 Å². The van der Waals surface area contributed by atoms with Crippen LogP contribution in [0.5, 0.6) is 5.75 Å². The molecule has 1 unspecified atom stereocenters. The highest BCUT2D eigenvalue weighted by atomic mass is 16.5. The summed E-state index contributed by atoms with van der Waals surface area (Å²) in [5.41, 5.74) is 0.726. The molecular weight excluding hydrogens is 384 g/mol. The van der Waals surface area contributed by atoms with Crippen molar-refractivity contribution in [2.45, 2.75) is 12.5 Å². The van der Waals surface area contributed by atoms with Crippen molar-refractivity contribution in [1.82, 2.24) is 19.5 Å². The molecule has 2 aromatic heterocycles. The average Bonchev–Trinajstić information content (AvgIpc) is 3.23. The van der Waals surface area contributed by atoms with Gasteiger partial charge in [-0.2, -0.15) is 5.10 Å². The quantitative estimate of drug-likeness (QED) is 0.493. The highest BCUT2D eigenvalue weighted by Gasteiger charge is 2.23. The van der Waals surface area contributed by atoms with Crippen LogP contribution >= 0.6 is 0 Å². The van der Waals surface area contributed by atoms with Gasteiger partial charge in [-0.15, -0.1) is 0 Å². The average molecular weight is 404 g/mol. The van der Waals surface area contributed by atoms with Crippen molar-refractivity contribution in [2.75, 3.05) is 6.61 Å². The first kappa shape index (κ1) is 19.3. The van der Waals surface area contributed by atoms with Gasteiger partial charge in [-0.25, -0.2) is 9.31 Å². The van der Waals surface area contributed by atoms with Gasteiger partial charge in [0.05, 0.1) is 18.3 Å². The first-order valence-corrected chi connectivity index (χ1v) is 9.46. The summed E-state index contributed by atoms with van der Waals surface area (Å²) in [6.07, 6.45) is 0.738. The van der Waals surface area contributed by atoms with Crippen molar-refractivity contribution >= 4 is 11.6 Å². The standard InChI is InChI=1S/C22H20N4O4/c27-21-19-12-7-14-25(19)24-20(26(21)16-8-3-1-4-9-16)18(23-22(28)29)13-15-30-17-10-5-2-6-11-17/h1-12,14,18,23H,13,15H2,(H,28,29). The number of benzene rings is 2. The summed E-state index contributed by atoms with van der Waals surface area (Å²) in [4.78, 5) is 24.7. The first-order valence-electron chi connectivity index (χ1n) is 9.46. The van der Waals surface area contributed by atoms with E-state index in [4.69, 9.17) is 4.74 Å². The van der Waals surface area contributed by atoms with Crippen LogP contribution in [-0.2, 0) is 0 Å². The molecule has 0 aliphatic rings. The fraction of sp³-hybridized carbons (Fsp3) is 0.136. The minimum atomic E-state index is -1.21. The summed E-state index contributed by atoms with van der Waals surface area (Å²) >= 11 is 0. The van der Waals surface area contributed by atoms with Crippen LogP contribution in [0.2, 0.25) is 0 Å². The number of fused-ring (bicyclic) bond motifs is 1. The number of amides is 1. The number of hydrogen-bond acceptors (Lipinski definition) is 4. The molecule has 0 radical (unpaired) electrons. The fourth-order valence-corrected chi connectivity index (χ4v) is 3.28. The molecule has 0 spiro atoms. The number of nitrogens with one attached hydrogen (secondary N) is 1. The lowest BCUT2D eigenvalue weighted by Gasteiger charge is -2.21. The predicted octanol–water partition coefficient (Wildman–Crippen LogP) is 3.26. The van der Waals surface area contributed by atoms with Crippen molar-refractivity contribution in [3.8, 4) is 11.4 Å². The molecule has 4 aromatic rings. The van der Waals surface area contributed by atoms with Gasteiger partial charge in [0.2, 0.25) is 0 Å². The number of rotatable bonds is 7. The Labute approximate surface area is 172 Å². The summed E-state index contributed by atoms with van der Waals surface area (Å²) in [5.74, 6) is 0.967. The zero-order chi connectivity index (χ0) is 20.9. The second-order valence-corrected chi connectivity index (χ2v) is 6.62. The molecule has 152 valence electrons. The van der Waals surface area contributed by atoms with Gasteiger partial charge >= 0.3 is 6.09 Å². The lowest BCUT2D eigenvalue weighted by molar-refractivity contribution is 0.185. The topological polar surface area (TPSA) is 97.9 Å². The maximum absolute atomic E-state index is 13.2. The third-order valence-corrected chi connectivity index (χ3v) is 4.63. The Morgan fingerprint density at radius 1 is 1.03 bits per heavy atom. The SMILES string of the molecule is O=C(O)NC(CCOc1ccccc1)c1nn2cccc2c(=O)n1-c1ccccc1.